The van der Waals surface area contributed by atoms with Crippen molar-refractivity contribution in [3.05, 3.63) is 17.7 Å². The van der Waals surface area contributed by atoms with E-state index in [-0.39, 0.29) is 29.9 Å². The number of carbonyl (C=O) groups is 2. The molecule has 2 heterocycles. The van der Waals surface area contributed by atoms with E-state index < -0.39 is 0 Å². The van der Waals surface area contributed by atoms with E-state index in [4.69, 9.17) is 0 Å². The van der Waals surface area contributed by atoms with Crippen LogP contribution < -0.4 is 10.6 Å². The van der Waals surface area contributed by atoms with Crippen molar-refractivity contribution in [3.8, 4) is 0 Å². The second-order valence-corrected chi connectivity index (χ2v) is 7.81. The average Bonchev–Trinajstić information content (AvgIpc) is 3.27. The van der Waals surface area contributed by atoms with E-state index >= 15 is 0 Å². The maximum Gasteiger partial charge on any atom is 0.240 e. The van der Waals surface area contributed by atoms with E-state index in [1.807, 2.05) is 0 Å². The molecule has 0 bridgehead atoms. The monoisotopic (exact) mass is 345 g/mol. The van der Waals surface area contributed by atoms with Crippen LogP contribution in [0.15, 0.2) is 6.33 Å². The van der Waals surface area contributed by atoms with Gasteiger partial charge in [0.05, 0.1) is 30.1 Å². The van der Waals surface area contributed by atoms with E-state index in [9.17, 15) is 9.59 Å². The number of rotatable bonds is 4. The van der Waals surface area contributed by atoms with Gasteiger partial charge in [0.25, 0.3) is 0 Å². The van der Waals surface area contributed by atoms with E-state index in [1.165, 1.54) is 6.42 Å². The molecule has 2 amide bonds. The Kier molecular flexibility index (Phi) is 4.27. The molecule has 1 atom stereocenters. The van der Waals surface area contributed by atoms with Crippen LogP contribution in [0.2, 0.25) is 0 Å². The zero-order chi connectivity index (χ0) is 17.4. The number of amides is 2. The molecule has 25 heavy (non-hydrogen) atoms. The van der Waals surface area contributed by atoms with Gasteiger partial charge < -0.3 is 15.2 Å². The number of imidazole rings is 1. The van der Waals surface area contributed by atoms with Crippen molar-refractivity contribution in [2.45, 2.75) is 69.0 Å². The Morgan fingerprint density at radius 2 is 2.08 bits per heavy atom. The maximum absolute atomic E-state index is 12.9. The number of aromatic amines is 1. The molecule has 2 aliphatic carbocycles. The van der Waals surface area contributed by atoms with Crippen LogP contribution in [-0.2, 0) is 21.5 Å². The minimum absolute atomic E-state index is 0.0175. The summed E-state index contributed by atoms with van der Waals surface area (Å²) in [5.41, 5.74) is 1.96. The molecule has 136 valence electrons. The summed E-state index contributed by atoms with van der Waals surface area (Å²) in [5, 5.41) is 6.55. The third kappa shape index (κ3) is 3.29. The number of aromatic nitrogens is 2. The first-order valence-corrected chi connectivity index (χ1v) is 9.42. The second-order valence-electron chi connectivity index (χ2n) is 7.81. The molecule has 1 aromatic rings. The van der Waals surface area contributed by atoms with Gasteiger partial charge in [-0.05, 0) is 25.7 Å². The van der Waals surface area contributed by atoms with Crippen molar-refractivity contribution in [1.82, 2.24) is 25.5 Å². The van der Waals surface area contributed by atoms with Crippen LogP contribution in [0, 0.1) is 0 Å². The number of hydrogen-bond acceptors (Lipinski definition) is 4. The zero-order valence-electron chi connectivity index (χ0n) is 14.8. The molecule has 3 N–H and O–H groups in total. The highest BCUT2D eigenvalue weighted by molar-refractivity contribution is 5.88. The summed E-state index contributed by atoms with van der Waals surface area (Å²) in [4.78, 5) is 34.3. The number of likely N-dealkylation sites (N-methyl/N-ethyl adjacent to an activating group) is 1. The van der Waals surface area contributed by atoms with Crippen molar-refractivity contribution >= 4 is 11.8 Å². The van der Waals surface area contributed by atoms with Crippen molar-refractivity contribution < 1.29 is 9.59 Å². The van der Waals surface area contributed by atoms with E-state index in [2.05, 4.69) is 20.6 Å². The summed E-state index contributed by atoms with van der Waals surface area (Å²) >= 11 is 0. The Labute approximate surface area is 147 Å². The van der Waals surface area contributed by atoms with Gasteiger partial charge in [0.15, 0.2) is 0 Å². The lowest BCUT2D eigenvalue weighted by Crippen LogP contribution is -2.59. The maximum atomic E-state index is 12.9. The van der Waals surface area contributed by atoms with Gasteiger partial charge in [-0.3, -0.25) is 14.9 Å². The number of nitrogens with zero attached hydrogens (tertiary/aromatic N) is 2. The van der Waals surface area contributed by atoms with Gasteiger partial charge in [-0.2, -0.15) is 0 Å². The fraction of sp³-hybridized carbons (Fsp3) is 0.722. The molecule has 0 aromatic carbocycles. The van der Waals surface area contributed by atoms with Gasteiger partial charge in [0, 0.05) is 25.2 Å². The van der Waals surface area contributed by atoms with Crippen LogP contribution in [0.25, 0.3) is 0 Å². The first-order valence-electron chi connectivity index (χ1n) is 9.42. The molecule has 0 unspecified atom stereocenters. The minimum Gasteiger partial charge on any atom is -0.352 e. The SMILES string of the molecule is CN(CC(=O)NC1CC1)C(=O)[C@@H]1Cc2[nH]cnc2C2(CCCCC2)N1. The first-order chi connectivity index (χ1) is 12.1. The third-order valence-electron chi connectivity index (χ3n) is 5.74. The smallest absolute Gasteiger partial charge is 0.240 e. The van der Waals surface area contributed by atoms with Gasteiger partial charge in [-0.25, -0.2) is 4.98 Å². The quantitative estimate of drug-likeness (QED) is 0.754. The lowest BCUT2D eigenvalue weighted by Gasteiger charge is -2.44. The average molecular weight is 345 g/mol. The lowest BCUT2D eigenvalue weighted by atomic mass is 9.75. The zero-order valence-corrected chi connectivity index (χ0v) is 14.8. The summed E-state index contributed by atoms with van der Waals surface area (Å²) in [5.74, 6) is -0.0834. The Hall–Kier alpha value is -1.89. The number of H-pyrrole nitrogens is 1. The molecule has 7 heteroatoms. The van der Waals surface area contributed by atoms with Crippen molar-refractivity contribution in [2.75, 3.05) is 13.6 Å². The Morgan fingerprint density at radius 1 is 1.32 bits per heavy atom. The molecule has 0 saturated heterocycles. The normalized spacial score (nSPS) is 24.6. The van der Waals surface area contributed by atoms with Gasteiger partial charge >= 0.3 is 0 Å². The highest BCUT2D eigenvalue weighted by Crippen LogP contribution is 2.40. The molecule has 1 spiro atoms. The van der Waals surface area contributed by atoms with Crippen LogP contribution in [0.1, 0.15) is 56.3 Å². The molecular formula is C18H27N5O2. The molecule has 7 nitrogen and oxygen atoms in total. The predicted molar refractivity (Wildman–Crippen MR) is 92.8 cm³/mol. The highest BCUT2D eigenvalue weighted by Gasteiger charge is 2.45. The topological polar surface area (TPSA) is 90.1 Å². The number of carbonyl (C=O) groups excluding carboxylic acids is 2. The van der Waals surface area contributed by atoms with Crippen LogP contribution in [0.5, 0.6) is 0 Å². The summed E-state index contributed by atoms with van der Waals surface area (Å²) in [6.07, 6.45) is 10.0. The number of nitrogens with one attached hydrogen (secondary N) is 3. The van der Waals surface area contributed by atoms with Crippen molar-refractivity contribution in [3.63, 3.8) is 0 Å². The highest BCUT2D eigenvalue weighted by atomic mass is 16.2. The second kappa shape index (κ2) is 6.44. The Morgan fingerprint density at radius 3 is 2.80 bits per heavy atom. The van der Waals surface area contributed by atoms with Gasteiger partial charge in [0.1, 0.15) is 0 Å². The van der Waals surface area contributed by atoms with E-state index in [0.29, 0.717) is 12.5 Å². The van der Waals surface area contributed by atoms with Gasteiger partial charge in [-0.1, -0.05) is 19.3 Å². The standard InChI is InChI=1S/C18H27N5O2/c1-23(10-15(24)21-12-5-6-12)17(25)14-9-13-16(20-11-19-13)18(22-14)7-3-2-4-8-18/h11-12,14,22H,2-10H2,1H3,(H,19,20)(H,21,24)/t14-/m0/s1. The lowest BCUT2D eigenvalue weighted by molar-refractivity contribution is -0.137. The molecule has 3 aliphatic rings. The summed E-state index contributed by atoms with van der Waals surface area (Å²) in [7, 11) is 1.71. The largest absolute Gasteiger partial charge is 0.352 e. The molecular weight excluding hydrogens is 318 g/mol. The minimum atomic E-state index is -0.301. The Balaban J connectivity index is 1.46. The van der Waals surface area contributed by atoms with E-state index in [0.717, 1.165) is 49.9 Å². The number of hydrogen-bond donors (Lipinski definition) is 3. The molecule has 2 saturated carbocycles. The van der Waals surface area contributed by atoms with Crippen LogP contribution in [0.4, 0.5) is 0 Å². The fourth-order valence-corrected chi connectivity index (χ4v) is 4.29. The molecule has 1 aliphatic heterocycles. The van der Waals surface area contributed by atoms with Crippen LogP contribution in [-0.4, -0.2) is 52.4 Å². The molecule has 0 radical (unpaired) electrons. The van der Waals surface area contributed by atoms with Crippen LogP contribution in [0.3, 0.4) is 0 Å². The van der Waals surface area contributed by atoms with Gasteiger partial charge in [-0.15, -0.1) is 0 Å². The predicted octanol–water partition coefficient (Wildman–Crippen LogP) is 0.820. The number of fused-ring (bicyclic) bond motifs is 2. The fourth-order valence-electron chi connectivity index (χ4n) is 4.29. The summed E-state index contributed by atoms with van der Waals surface area (Å²) in [6, 6.07) is 0.0200. The first kappa shape index (κ1) is 16.6. The van der Waals surface area contributed by atoms with Crippen LogP contribution >= 0.6 is 0 Å². The Bertz CT molecular complexity index is 660. The van der Waals surface area contributed by atoms with Crippen molar-refractivity contribution in [2.24, 2.45) is 0 Å². The molecule has 1 aromatic heterocycles. The molecule has 4 rings (SSSR count). The summed E-state index contributed by atoms with van der Waals surface area (Å²) < 4.78 is 0. The molecule has 2 fully saturated rings. The van der Waals surface area contributed by atoms with Gasteiger partial charge in [0.2, 0.25) is 11.8 Å². The third-order valence-corrected chi connectivity index (χ3v) is 5.74. The van der Waals surface area contributed by atoms with Crippen molar-refractivity contribution in [1.29, 1.82) is 0 Å². The van der Waals surface area contributed by atoms with E-state index in [1.54, 1.807) is 18.3 Å². The summed E-state index contributed by atoms with van der Waals surface area (Å²) in [6.45, 7) is 0.121.